The lowest BCUT2D eigenvalue weighted by molar-refractivity contribution is 0.0142. The molecule has 1 aromatic rings. The maximum Gasteiger partial charge on any atom is 0.267 e. The van der Waals surface area contributed by atoms with Crippen molar-refractivity contribution in [2.45, 2.75) is 33.3 Å². The second-order valence-electron chi connectivity index (χ2n) is 5.05. The minimum atomic E-state index is -0.953. The van der Waals surface area contributed by atoms with Crippen LogP contribution in [0.3, 0.4) is 0 Å². The highest BCUT2D eigenvalue weighted by atomic mass is 16.3. The zero-order chi connectivity index (χ0) is 13.9. The lowest BCUT2D eigenvalue weighted by Gasteiger charge is -2.27. The molecule has 0 aromatic carbocycles. The summed E-state index contributed by atoms with van der Waals surface area (Å²) in [5.74, 6) is -0.392. The van der Waals surface area contributed by atoms with Crippen molar-refractivity contribution in [1.29, 1.82) is 0 Å². The van der Waals surface area contributed by atoms with Gasteiger partial charge in [0.15, 0.2) is 5.78 Å². The van der Waals surface area contributed by atoms with Crippen molar-refractivity contribution in [2.75, 3.05) is 6.54 Å². The van der Waals surface area contributed by atoms with Crippen molar-refractivity contribution < 1.29 is 14.7 Å². The highest BCUT2D eigenvalue weighted by Crippen LogP contribution is 2.14. The van der Waals surface area contributed by atoms with Crippen molar-refractivity contribution in [3.63, 3.8) is 0 Å². The highest BCUT2D eigenvalue weighted by Gasteiger charge is 2.25. The van der Waals surface area contributed by atoms with E-state index in [1.54, 1.807) is 6.92 Å². The second-order valence-corrected chi connectivity index (χ2v) is 5.05. The number of carbonyl (C=O) groups is 2. The number of aliphatic hydroxyl groups is 1. The average Bonchev–Trinajstić information content (AvgIpc) is 2.75. The van der Waals surface area contributed by atoms with Gasteiger partial charge in [0.1, 0.15) is 5.69 Å². The molecule has 0 aliphatic heterocycles. The van der Waals surface area contributed by atoms with Crippen LogP contribution in [0.5, 0.6) is 0 Å². The van der Waals surface area contributed by atoms with Gasteiger partial charge in [0.25, 0.3) is 5.91 Å². The number of hydrogen-bond acceptors (Lipinski definition) is 3. The van der Waals surface area contributed by atoms with Gasteiger partial charge >= 0.3 is 0 Å². The summed E-state index contributed by atoms with van der Waals surface area (Å²) in [5.41, 5.74) is -0.165. The van der Waals surface area contributed by atoms with Gasteiger partial charge < -0.3 is 15.4 Å². The quantitative estimate of drug-likeness (QED) is 0.692. The number of ketones is 1. The van der Waals surface area contributed by atoms with Crippen molar-refractivity contribution >= 4 is 11.7 Å². The normalized spacial score (nSPS) is 14.3. The van der Waals surface area contributed by atoms with E-state index in [1.807, 2.05) is 13.8 Å². The van der Waals surface area contributed by atoms with E-state index in [1.165, 1.54) is 19.2 Å². The Bertz CT molecular complexity index is 447. The number of rotatable bonds is 5. The molecule has 0 aliphatic rings. The Labute approximate surface area is 107 Å². The third-order valence-electron chi connectivity index (χ3n) is 3.18. The van der Waals surface area contributed by atoms with Gasteiger partial charge in [-0.3, -0.25) is 9.59 Å². The summed E-state index contributed by atoms with van der Waals surface area (Å²) >= 11 is 0. The van der Waals surface area contributed by atoms with E-state index in [2.05, 4.69) is 10.3 Å². The Hall–Kier alpha value is -1.62. The maximum atomic E-state index is 11.8. The van der Waals surface area contributed by atoms with Crippen LogP contribution in [0.25, 0.3) is 0 Å². The Morgan fingerprint density at radius 2 is 2.11 bits per heavy atom. The van der Waals surface area contributed by atoms with Crippen LogP contribution in [0.1, 0.15) is 48.5 Å². The molecule has 0 radical (unpaired) electrons. The second kappa shape index (κ2) is 5.35. The van der Waals surface area contributed by atoms with Crippen LogP contribution < -0.4 is 5.32 Å². The molecule has 0 aliphatic carbocycles. The Kier molecular flexibility index (Phi) is 4.29. The summed E-state index contributed by atoms with van der Waals surface area (Å²) in [4.78, 5) is 25.6. The Balaban J connectivity index is 2.63. The van der Waals surface area contributed by atoms with Gasteiger partial charge in [-0.1, -0.05) is 13.8 Å². The molecule has 1 unspecified atom stereocenters. The zero-order valence-corrected chi connectivity index (χ0v) is 11.2. The van der Waals surface area contributed by atoms with Crippen molar-refractivity contribution in [3.8, 4) is 0 Å². The lowest BCUT2D eigenvalue weighted by Crippen LogP contribution is -2.44. The predicted molar refractivity (Wildman–Crippen MR) is 68.6 cm³/mol. The molecule has 5 heteroatoms. The third-order valence-corrected chi connectivity index (χ3v) is 3.18. The number of H-pyrrole nitrogens is 1. The highest BCUT2D eigenvalue weighted by molar-refractivity contribution is 5.99. The van der Waals surface area contributed by atoms with Crippen LogP contribution in [-0.2, 0) is 0 Å². The SMILES string of the molecule is CC(=O)c1c[nH]c(C(=O)NCC(C)(O)C(C)C)c1. The van der Waals surface area contributed by atoms with E-state index >= 15 is 0 Å². The molecule has 1 atom stereocenters. The number of carbonyl (C=O) groups excluding carboxylic acids is 2. The first-order valence-corrected chi connectivity index (χ1v) is 5.94. The van der Waals surface area contributed by atoms with Gasteiger partial charge in [0.2, 0.25) is 0 Å². The number of hydrogen-bond donors (Lipinski definition) is 3. The number of nitrogens with one attached hydrogen (secondary N) is 2. The first-order valence-electron chi connectivity index (χ1n) is 5.94. The fourth-order valence-electron chi connectivity index (χ4n) is 1.29. The summed E-state index contributed by atoms with van der Waals surface area (Å²) < 4.78 is 0. The van der Waals surface area contributed by atoms with Crippen LogP contribution in [0, 0.1) is 5.92 Å². The van der Waals surface area contributed by atoms with Gasteiger partial charge in [0.05, 0.1) is 5.60 Å². The van der Waals surface area contributed by atoms with Crippen LogP contribution in [-0.4, -0.2) is 33.9 Å². The molecule has 1 heterocycles. The maximum absolute atomic E-state index is 11.8. The third kappa shape index (κ3) is 3.43. The van der Waals surface area contributed by atoms with Crippen molar-refractivity contribution in [3.05, 3.63) is 23.5 Å². The van der Waals surface area contributed by atoms with Crippen LogP contribution >= 0.6 is 0 Å². The number of aromatic nitrogens is 1. The molecule has 18 heavy (non-hydrogen) atoms. The Morgan fingerprint density at radius 1 is 1.50 bits per heavy atom. The average molecular weight is 252 g/mol. The monoisotopic (exact) mass is 252 g/mol. The van der Waals surface area contributed by atoms with Crippen LogP contribution in [0.4, 0.5) is 0 Å². The summed E-state index contributed by atoms with van der Waals surface area (Å²) in [7, 11) is 0. The standard InChI is InChI=1S/C13H20N2O3/c1-8(2)13(4,18)7-15-12(17)11-5-10(6-14-11)9(3)16/h5-6,8,14,18H,7H2,1-4H3,(H,15,17). The molecule has 1 amide bonds. The predicted octanol–water partition coefficient (Wildman–Crippen LogP) is 1.35. The molecule has 0 fully saturated rings. The van der Waals surface area contributed by atoms with Gasteiger partial charge in [-0.05, 0) is 25.8 Å². The molecule has 0 bridgehead atoms. The molecule has 5 nitrogen and oxygen atoms in total. The van der Waals surface area contributed by atoms with Gasteiger partial charge in [-0.2, -0.15) is 0 Å². The topological polar surface area (TPSA) is 82.2 Å². The molecular formula is C13H20N2O3. The van der Waals surface area contributed by atoms with E-state index in [9.17, 15) is 14.7 Å². The van der Waals surface area contributed by atoms with Crippen molar-refractivity contribution in [2.24, 2.45) is 5.92 Å². The summed E-state index contributed by atoms with van der Waals surface area (Å²) in [6, 6.07) is 1.50. The molecule has 0 spiro atoms. The zero-order valence-electron chi connectivity index (χ0n) is 11.2. The molecule has 0 saturated carbocycles. The van der Waals surface area contributed by atoms with Crippen LogP contribution in [0.2, 0.25) is 0 Å². The molecular weight excluding hydrogens is 232 g/mol. The number of Topliss-reactive ketones (excluding diaryl/α,β-unsaturated/α-hetero) is 1. The lowest BCUT2D eigenvalue weighted by atomic mass is 9.92. The molecule has 100 valence electrons. The smallest absolute Gasteiger partial charge is 0.267 e. The minimum absolute atomic E-state index is 0.0363. The first kappa shape index (κ1) is 14.4. The summed E-state index contributed by atoms with van der Waals surface area (Å²) in [6.07, 6.45) is 1.50. The van der Waals surface area contributed by atoms with E-state index in [-0.39, 0.29) is 24.2 Å². The van der Waals surface area contributed by atoms with E-state index in [0.29, 0.717) is 11.3 Å². The summed E-state index contributed by atoms with van der Waals surface area (Å²) in [5, 5.41) is 12.6. The van der Waals surface area contributed by atoms with E-state index in [4.69, 9.17) is 0 Å². The number of aromatic amines is 1. The molecule has 1 aromatic heterocycles. The first-order chi connectivity index (χ1) is 8.24. The van der Waals surface area contributed by atoms with E-state index < -0.39 is 5.60 Å². The molecule has 3 N–H and O–H groups in total. The Morgan fingerprint density at radius 3 is 2.56 bits per heavy atom. The van der Waals surface area contributed by atoms with Crippen molar-refractivity contribution in [1.82, 2.24) is 10.3 Å². The molecule has 0 saturated heterocycles. The minimum Gasteiger partial charge on any atom is -0.388 e. The summed E-state index contributed by atoms with van der Waals surface area (Å²) in [6.45, 7) is 7.04. The largest absolute Gasteiger partial charge is 0.388 e. The van der Waals surface area contributed by atoms with Crippen LogP contribution in [0.15, 0.2) is 12.3 Å². The number of amides is 1. The fraction of sp³-hybridized carbons (Fsp3) is 0.538. The van der Waals surface area contributed by atoms with Gasteiger partial charge in [-0.15, -0.1) is 0 Å². The van der Waals surface area contributed by atoms with E-state index in [0.717, 1.165) is 0 Å². The fourth-order valence-corrected chi connectivity index (χ4v) is 1.29. The van der Waals surface area contributed by atoms with Gasteiger partial charge in [-0.25, -0.2) is 0 Å². The molecule has 1 rings (SSSR count). The van der Waals surface area contributed by atoms with Gasteiger partial charge in [0, 0.05) is 18.3 Å².